The lowest BCUT2D eigenvalue weighted by Gasteiger charge is -2.29. The number of alkyl halides is 3. The number of ether oxygens (including phenoxy) is 2. The normalized spacial score (nSPS) is 17.4. The quantitative estimate of drug-likeness (QED) is 0.675. The van der Waals surface area contributed by atoms with Crippen molar-refractivity contribution in [2.24, 2.45) is 0 Å². The van der Waals surface area contributed by atoms with Crippen LogP contribution >= 0.6 is 12.6 Å². The highest BCUT2D eigenvalue weighted by atomic mass is 32.1. The van der Waals surface area contributed by atoms with Crippen LogP contribution in [-0.4, -0.2) is 24.9 Å². The van der Waals surface area contributed by atoms with Gasteiger partial charge in [-0.1, -0.05) is 6.92 Å². The zero-order valence-electron chi connectivity index (χ0n) is 12.0. The highest BCUT2D eigenvalue weighted by molar-refractivity contribution is 7.80. The number of fused-ring (bicyclic) bond motifs is 1. The average Bonchev–Trinajstić information content (AvgIpc) is 2.44. The third-order valence-corrected chi connectivity index (χ3v) is 3.46. The molecule has 1 heterocycles. The summed E-state index contributed by atoms with van der Waals surface area (Å²) in [5.41, 5.74) is 0.451. The molecule has 0 spiro atoms. The van der Waals surface area contributed by atoms with E-state index in [1.807, 2.05) is 0 Å². The van der Waals surface area contributed by atoms with Crippen LogP contribution in [0.25, 0.3) is 6.08 Å². The molecule has 1 atom stereocenters. The largest absolute Gasteiger partial charge is 0.475 e. The van der Waals surface area contributed by atoms with Crippen LogP contribution < -0.4 is 4.74 Å². The van der Waals surface area contributed by atoms with Crippen molar-refractivity contribution >= 4 is 24.7 Å². The number of halogens is 3. The van der Waals surface area contributed by atoms with Crippen LogP contribution in [0.15, 0.2) is 22.6 Å². The molecule has 1 aliphatic heterocycles. The lowest BCUT2D eigenvalue weighted by Crippen LogP contribution is -2.41. The van der Waals surface area contributed by atoms with Gasteiger partial charge in [-0.15, -0.1) is 12.6 Å². The first-order chi connectivity index (χ1) is 10.3. The summed E-state index contributed by atoms with van der Waals surface area (Å²) in [7, 11) is 0. The summed E-state index contributed by atoms with van der Waals surface area (Å²) in [6.07, 6.45) is -5.37. The van der Waals surface area contributed by atoms with Gasteiger partial charge in [0.1, 0.15) is 5.75 Å². The molecule has 7 heteroatoms. The van der Waals surface area contributed by atoms with Crippen LogP contribution in [-0.2, 0) is 16.0 Å². The maximum absolute atomic E-state index is 13.2. The molecule has 0 fully saturated rings. The van der Waals surface area contributed by atoms with E-state index in [1.54, 1.807) is 19.1 Å². The fourth-order valence-electron chi connectivity index (χ4n) is 2.26. The number of benzene rings is 1. The standard InChI is InChI=1S/C15H15F3O3S/c1-3-8-5-10(22)6-9-7-11(14(19)20-4-2)13(15(16,17)18)21-12(8)9/h5-7,13,22H,3-4H2,1-2H3. The maximum Gasteiger partial charge on any atom is 0.430 e. The van der Waals surface area contributed by atoms with Gasteiger partial charge in [-0.25, -0.2) is 4.79 Å². The van der Waals surface area contributed by atoms with Gasteiger partial charge in [-0.05, 0) is 37.1 Å². The molecule has 120 valence electrons. The van der Waals surface area contributed by atoms with Crippen LogP contribution in [0.2, 0.25) is 0 Å². The van der Waals surface area contributed by atoms with Gasteiger partial charge in [-0.3, -0.25) is 0 Å². The molecule has 0 saturated heterocycles. The third kappa shape index (κ3) is 3.24. The topological polar surface area (TPSA) is 35.5 Å². The molecule has 0 radical (unpaired) electrons. The van der Waals surface area contributed by atoms with Gasteiger partial charge in [0.15, 0.2) is 0 Å². The van der Waals surface area contributed by atoms with E-state index < -0.39 is 23.8 Å². The molecule has 0 aliphatic carbocycles. The Balaban J connectivity index is 2.58. The van der Waals surface area contributed by atoms with E-state index in [0.717, 1.165) is 0 Å². The van der Waals surface area contributed by atoms with E-state index in [-0.39, 0.29) is 12.4 Å². The fourth-order valence-corrected chi connectivity index (χ4v) is 2.55. The minimum atomic E-state index is -4.71. The van der Waals surface area contributed by atoms with E-state index in [4.69, 9.17) is 9.47 Å². The van der Waals surface area contributed by atoms with Crippen molar-refractivity contribution in [3.05, 3.63) is 28.8 Å². The smallest absolute Gasteiger partial charge is 0.430 e. The van der Waals surface area contributed by atoms with Gasteiger partial charge in [0, 0.05) is 10.5 Å². The summed E-state index contributed by atoms with van der Waals surface area (Å²) in [6.45, 7) is 3.32. The molecule has 1 aliphatic rings. The van der Waals surface area contributed by atoms with E-state index in [1.165, 1.54) is 13.0 Å². The van der Waals surface area contributed by atoms with Gasteiger partial charge in [-0.2, -0.15) is 13.2 Å². The van der Waals surface area contributed by atoms with E-state index in [2.05, 4.69) is 12.6 Å². The number of esters is 1. The lowest BCUT2D eigenvalue weighted by atomic mass is 9.98. The second kappa shape index (κ2) is 6.24. The number of aryl methyl sites for hydroxylation is 1. The lowest BCUT2D eigenvalue weighted by molar-refractivity contribution is -0.188. The molecule has 3 nitrogen and oxygen atoms in total. The molecule has 22 heavy (non-hydrogen) atoms. The summed E-state index contributed by atoms with van der Waals surface area (Å²) >= 11 is 4.22. The van der Waals surface area contributed by atoms with Crippen LogP contribution in [0.1, 0.15) is 25.0 Å². The molecule has 0 N–H and O–H groups in total. The van der Waals surface area contributed by atoms with Gasteiger partial charge in [0.05, 0.1) is 12.2 Å². The number of carbonyl (C=O) groups is 1. The van der Waals surface area contributed by atoms with Crippen molar-refractivity contribution in [3.63, 3.8) is 0 Å². The Morgan fingerprint density at radius 2 is 2.05 bits per heavy atom. The molecule has 0 aromatic heterocycles. The van der Waals surface area contributed by atoms with Crippen molar-refractivity contribution in [2.45, 2.75) is 37.4 Å². The molecule has 0 amide bonds. The third-order valence-electron chi connectivity index (χ3n) is 3.20. The Morgan fingerprint density at radius 3 is 2.59 bits per heavy atom. The summed E-state index contributed by atoms with van der Waals surface area (Å²) in [4.78, 5) is 12.4. The van der Waals surface area contributed by atoms with Gasteiger partial charge < -0.3 is 9.47 Å². The van der Waals surface area contributed by atoms with Crippen molar-refractivity contribution in [1.29, 1.82) is 0 Å². The first kappa shape index (κ1) is 16.7. The van der Waals surface area contributed by atoms with Gasteiger partial charge in [0.25, 0.3) is 0 Å². The Bertz CT molecular complexity index is 623. The van der Waals surface area contributed by atoms with Crippen LogP contribution in [0.3, 0.4) is 0 Å². The van der Waals surface area contributed by atoms with Gasteiger partial charge >= 0.3 is 12.1 Å². The number of carbonyl (C=O) groups excluding carboxylic acids is 1. The molecule has 1 unspecified atom stereocenters. The monoisotopic (exact) mass is 332 g/mol. The minimum Gasteiger partial charge on any atom is -0.475 e. The molecule has 0 bridgehead atoms. The number of rotatable bonds is 3. The van der Waals surface area contributed by atoms with Crippen molar-refractivity contribution in [2.75, 3.05) is 6.61 Å². The second-order valence-corrected chi connectivity index (χ2v) is 5.25. The van der Waals surface area contributed by atoms with Gasteiger partial charge in [0.2, 0.25) is 6.10 Å². The molecule has 1 aromatic carbocycles. The zero-order valence-corrected chi connectivity index (χ0v) is 12.9. The zero-order chi connectivity index (χ0) is 16.5. The summed E-state index contributed by atoms with van der Waals surface area (Å²) in [6, 6.07) is 3.21. The van der Waals surface area contributed by atoms with Crippen LogP contribution in [0.4, 0.5) is 13.2 Å². The second-order valence-electron chi connectivity index (χ2n) is 4.74. The van der Waals surface area contributed by atoms with E-state index >= 15 is 0 Å². The molecular formula is C15H15F3O3S. The number of hydrogen-bond acceptors (Lipinski definition) is 4. The Hall–Kier alpha value is -1.63. The molecule has 2 rings (SSSR count). The van der Waals surface area contributed by atoms with Crippen LogP contribution in [0, 0.1) is 0 Å². The molecule has 1 aromatic rings. The van der Waals surface area contributed by atoms with Crippen LogP contribution in [0.5, 0.6) is 5.75 Å². The summed E-state index contributed by atoms with van der Waals surface area (Å²) in [5, 5.41) is 0. The Morgan fingerprint density at radius 1 is 1.36 bits per heavy atom. The molecular weight excluding hydrogens is 317 g/mol. The SMILES string of the molecule is CCOC(=O)C1=Cc2cc(S)cc(CC)c2OC1C(F)(F)F. The Labute approximate surface area is 131 Å². The first-order valence-corrected chi connectivity index (χ1v) is 7.20. The number of thiol groups is 1. The predicted octanol–water partition coefficient (Wildman–Crippen LogP) is 3.81. The highest BCUT2D eigenvalue weighted by Gasteiger charge is 2.49. The maximum atomic E-state index is 13.2. The fraction of sp³-hybridized carbons (Fsp3) is 0.400. The minimum absolute atomic E-state index is 0.0135. The van der Waals surface area contributed by atoms with E-state index in [9.17, 15) is 18.0 Å². The van der Waals surface area contributed by atoms with Crippen molar-refractivity contribution < 1.29 is 27.4 Å². The summed E-state index contributed by atoms with van der Waals surface area (Å²) < 4.78 is 49.5. The van der Waals surface area contributed by atoms with Crippen molar-refractivity contribution in [1.82, 2.24) is 0 Å². The predicted molar refractivity (Wildman–Crippen MR) is 78.2 cm³/mol. The molecule has 0 saturated carbocycles. The van der Waals surface area contributed by atoms with E-state index in [0.29, 0.717) is 22.4 Å². The first-order valence-electron chi connectivity index (χ1n) is 6.75. The highest BCUT2D eigenvalue weighted by Crippen LogP contribution is 2.40. The van der Waals surface area contributed by atoms with Crippen molar-refractivity contribution in [3.8, 4) is 5.75 Å². The Kier molecular flexibility index (Phi) is 4.75. The number of hydrogen-bond donors (Lipinski definition) is 1. The average molecular weight is 332 g/mol. The summed E-state index contributed by atoms with van der Waals surface area (Å²) in [5.74, 6) is -0.895.